The Morgan fingerprint density at radius 2 is 2.14 bits per heavy atom. The molecule has 1 fully saturated rings. The molecule has 2 N–H and O–H groups in total. The Morgan fingerprint density at radius 3 is 2.77 bits per heavy atom. The van der Waals surface area contributed by atoms with Crippen molar-refractivity contribution in [3.63, 3.8) is 0 Å². The number of hydrogen-bond acceptors (Lipinski definition) is 4. The van der Waals surface area contributed by atoms with E-state index < -0.39 is 0 Å². The number of H-pyrrole nitrogens is 1. The van der Waals surface area contributed by atoms with E-state index in [0.717, 1.165) is 18.5 Å². The summed E-state index contributed by atoms with van der Waals surface area (Å²) in [6.07, 6.45) is 2.97. The second-order valence-electron chi connectivity index (χ2n) is 5.38. The summed E-state index contributed by atoms with van der Waals surface area (Å²) in [7, 11) is 0. The number of aromatic amines is 1. The highest BCUT2D eigenvalue weighted by Crippen LogP contribution is 2.21. The van der Waals surface area contributed by atoms with Gasteiger partial charge in [0.25, 0.3) is 0 Å². The first-order chi connectivity index (χ1) is 10.6. The van der Waals surface area contributed by atoms with Gasteiger partial charge >= 0.3 is 11.7 Å². The van der Waals surface area contributed by atoms with Crippen LogP contribution in [0.25, 0.3) is 0 Å². The van der Waals surface area contributed by atoms with Crippen molar-refractivity contribution in [1.82, 2.24) is 24.6 Å². The molecule has 3 rings (SSSR count). The maximum Gasteiger partial charge on any atom is 0.343 e. The van der Waals surface area contributed by atoms with E-state index in [-0.39, 0.29) is 17.8 Å². The monoisotopic (exact) mass is 302 g/mol. The molecular weight excluding hydrogens is 284 g/mol. The summed E-state index contributed by atoms with van der Waals surface area (Å²) in [5, 5.41) is 8.94. The average Bonchev–Trinajstić information content (AvgIpc) is 2.93. The van der Waals surface area contributed by atoms with Crippen LogP contribution in [0.3, 0.4) is 0 Å². The number of piperidine rings is 1. The summed E-state index contributed by atoms with van der Waals surface area (Å²) in [6.45, 7) is 3.07. The quantitative estimate of drug-likeness (QED) is 0.869. The smallest absolute Gasteiger partial charge is 0.324 e. The summed E-state index contributed by atoms with van der Waals surface area (Å²) in [5.41, 5.74) is 0.655. The lowest BCUT2D eigenvalue weighted by Gasteiger charge is -2.31. The van der Waals surface area contributed by atoms with Crippen molar-refractivity contribution in [2.24, 2.45) is 0 Å². The Hall–Kier alpha value is -2.64. The van der Waals surface area contributed by atoms with Crippen LogP contribution in [0.5, 0.6) is 0 Å². The van der Waals surface area contributed by atoms with E-state index in [2.05, 4.69) is 20.5 Å². The van der Waals surface area contributed by atoms with Gasteiger partial charge in [-0.2, -0.15) is 5.10 Å². The second kappa shape index (κ2) is 6.00. The van der Waals surface area contributed by atoms with Crippen molar-refractivity contribution in [2.45, 2.75) is 25.8 Å². The first-order valence-corrected chi connectivity index (χ1v) is 7.24. The third-order valence-electron chi connectivity index (χ3n) is 3.85. The largest absolute Gasteiger partial charge is 0.343 e. The van der Waals surface area contributed by atoms with Crippen LogP contribution in [0.15, 0.2) is 29.3 Å². The maximum absolute atomic E-state index is 12.2. The molecule has 22 heavy (non-hydrogen) atoms. The van der Waals surface area contributed by atoms with Crippen molar-refractivity contribution in [3.8, 4) is 0 Å². The van der Waals surface area contributed by atoms with Crippen molar-refractivity contribution in [1.29, 1.82) is 0 Å². The van der Waals surface area contributed by atoms with Crippen LogP contribution in [0.4, 0.5) is 10.6 Å². The number of aryl methyl sites for hydroxylation is 1. The van der Waals surface area contributed by atoms with Gasteiger partial charge in [-0.3, -0.25) is 9.88 Å². The molecule has 0 unspecified atom stereocenters. The Bertz CT molecular complexity index is 714. The number of pyridine rings is 1. The third kappa shape index (κ3) is 3.00. The molecule has 1 aliphatic heterocycles. The van der Waals surface area contributed by atoms with Gasteiger partial charge in [0.2, 0.25) is 0 Å². The molecule has 0 bridgehead atoms. The number of nitrogens with one attached hydrogen (secondary N) is 2. The molecule has 0 aromatic carbocycles. The topological polar surface area (TPSA) is 95.9 Å². The third-order valence-corrected chi connectivity index (χ3v) is 3.85. The Labute approximate surface area is 127 Å². The molecule has 8 nitrogen and oxygen atoms in total. The molecule has 2 aromatic heterocycles. The van der Waals surface area contributed by atoms with E-state index in [0.29, 0.717) is 18.9 Å². The number of urea groups is 1. The predicted octanol–water partition coefficient (Wildman–Crippen LogP) is 1.14. The highest BCUT2D eigenvalue weighted by Gasteiger charge is 2.24. The minimum absolute atomic E-state index is 0.0902. The van der Waals surface area contributed by atoms with Gasteiger partial charge in [-0.15, -0.1) is 0 Å². The van der Waals surface area contributed by atoms with Crippen LogP contribution < -0.4 is 11.0 Å². The number of nitrogens with zero attached hydrogens (tertiary/aromatic N) is 4. The van der Waals surface area contributed by atoms with Crippen LogP contribution in [-0.4, -0.2) is 43.8 Å². The van der Waals surface area contributed by atoms with Gasteiger partial charge in [0.05, 0.1) is 0 Å². The van der Waals surface area contributed by atoms with E-state index in [1.807, 2.05) is 19.1 Å². The molecule has 3 heterocycles. The number of hydrogen-bond donors (Lipinski definition) is 2. The van der Waals surface area contributed by atoms with Crippen LogP contribution >= 0.6 is 0 Å². The number of likely N-dealkylation sites (tertiary alicyclic amines) is 1. The lowest BCUT2D eigenvalue weighted by atomic mass is 10.1. The number of amides is 2. The summed E-state index contributed by atoms with van der Waals surface area (Å²) >= 11 is 0. The normalized spacial score (nSPS) is 15.8. The fraction of sp³-hybridized carbons (Fsp3) is 0.429. The number of anilines is 1. The highest BCUT2D eigenvalue weighted by atomic mass is 16.2. The standard InChI is InChI=1S/C14H18N6O2/c1-10-3-2-4-12(16-10)17-13(21)19-7-5-11(6-8-19)20-9-15-18-14(20)22/h2-4,9,11H,5-8H2,1H3,(H,18,22)(H,16,17,21). The molecular formula is C14H18N6O2. The Kier molecular flexibility index (Phi) is 3.90. The van der Waals surface area contributed by atoms with Gasteiger partial charge < -0.3 is 4.90 Å². The van der Waals surface area contributed by atoms with E-state index in [1.165, 1.54) is 6.33 Å². The number of carbonyl (C=O) groups excluding carboxylic acids is 1. The Morgan fingerprint density at radius 1 is 1.36 bits per heavy atom. The zero-order chi connectivity index (χ0) is 15.5. The van der Waals surface area contributed by atoms with Crippen LogP contribution in [0.1, 0.15) is 24.6 Å². The molecule has 0 spiro atoms. The van der Waals surface area contributed by atoms with Gasteiger partial charge in [0.1, 0.15) is 12.1 Å². The molecule has 8 heteroatoms. The Balaban J connectivity index is 1.58. The summed E-state index contributed by atoms with van der Waals surface area (Å²) in [6, 6.07) is 5.44. The fourth-order valence-corrected chi connectivity index (χ4v) is 2.66. The van der Waals surface area contributed by atoms with Crippen molar-refractivity contribution in [3.05, 3.63) is 40.7 Å². The second-order valence-corrected chi connectivity index (χ2v) is 5.38. The number of rotatable bonds is 2. The van der Waals surface area contributed by atoms with Crippen molar-refractivity contribution in [2.75, 3.05) is 18.4 Å². The molecule has 0 aliphatic carbocycles. The lowest BCUT2D eigenvalue weighted by Crippen LogP contribution is -2.42. The zero-order valence-corrected chi connectivity index (χ0v) is 12.3. The van der Waals surface area contributed by atoms with E-state index in [1.54, 1.807) is 15.5 Å². The summed E-state index contributed by atoms with van der Waals surface area (Å²) in [5.74, 6) is 0.554. The minimum Gasteiger partial charge on any atom is -0.324 e. The highest BCUT2D eigenvalue weighted by molar-refractivity contribution is 5.88. The van der Waals surface area contributed by atoms with Crippen LogP contribution in [0, 0.1) is 6.92 Å². The van der Waals surface area contributed by atoms with Gasteiger partial charge in [0.15, 0.2) is 0 Å². The van der Waals surface area contributed by atoms with Gasteiger partial charge in [-0.1, -0.05) is 6.07 Å². The van der Waals surface area contributed by atoms with Crippen LogP contribution in [-0.2, 0) is 0 Å². The fourth-order valence-electron chi connectivity index (χ4n) is 2.66. The molecule has 2 amide bonds. The zero-order valence-electron chi connectivity index (χ0n) is 12.3. The molecule has 116 valence electrons. The lowest BCUT2D eigenvalue weighted by molar-refractivity contribution is 0.183. The van der Waals surface area contributed by atoms with Crippen molar-refractivity contribution < 1.29 is 4.79 Å². The maximum atomic E-state index is 12.2. The molecule has 0 saturated carbocycles. The van der Waals surface area contributed by atoms with E-state index >= 15 is 0 Å². The van der Waals surface area contributed by atoms with Gasteiger partial charge in [0, 0.05) is 24.8 Å². The van der Waals surface area contributed by atoms with E-state index in [4.69, 9.17) is 0 Å². The molecule has 2 aromatic rings. The van der Waals surface area contributed by atoms with Crippen molar-refractivity contribution >= 4 is 11.8 Å². The predicted molar refractivity (Wildman–Crippen MR) is 80.7 cm³/mol. The summed E-state index contributed by atoms with van der Waals surface area (Å²) < 4.78 is 1.59. The molecule has 0 atom stereocenters. The first kappa shape index (κ1) is 14.3. The van der Waals surface area contributed by atoms with E-state index in [9.17, 15) is 9.59 Å². The minimum atomic E-state index is -0.202. The summed E-state index contributed by atoms with van der Waals surface area (Å²) in [4.78, 5) is 29.8. The number of carbonyl (C=O) groups is 1. The molecule has 1 saturated heterocycles. The van der Waals surface area contributed by atoms with Gasteiger partial charge in [-0.05, 0) is 31.9 Å². The SMILES string of the molecule is Cc1cccc(NC(=O)N2CCC(n3cn[nH]c3=O)CC2)n1. The molecule has 0 radical (unpaired) electrons. The average molecular weight is 302 g/mol. The number of aromatic nitrogens is 4. The van der Waals surface area contributed by atoms with Crippen LogP contribution in [0.2, 0.25) is 0 Å². The van der Waals surface area contributed by atoms with Gasteiger partial charge in [-0.25, -0.2) is 19.7 Å². The first-order valence-electron chi connectivity index (χ1n) is 7.24. The molecule has 1 aliphatic rings.